The standard InChI is InChI=1S/C13H24N4S2/c1-4-9-5-6-10(8-14)11(7-9)18-13-16-15-12(19-13)17(2)3/h9-11H,4-8,14H2,1-3H3. The number of thioether (sulfide) groups is 1. The van der Waals surface area contributed by atoms with Gasteiger partial charge in [0.2, 0.25) is 5.13 Å². The topological polar surface area (TPSA) is 55.0 Å². The van der Waals surface area contributed by atoms with Gasteiger partial charge in [-0.25, -0.2) is 0 Å². The molecule has 0 aliphatic heterocycles. The van der Waals surface area contributed by atoms with Crippen molar-refractivity contribution in [1.29, 1.82) is 0 Å². The van der Waals surface area contributed by atoms with Gasteiger partial charge in [0.05, 0.1) is 0 Å². The summed E-state index contributed by atoms with van der Waals surface area (Å²) in [5.74, 6) is 1.50. The first-order valence-corrected chi connectivity index (χ1v) is 8.71. The van der Waals surface area contributed by atoms with E-state index in [1.165, 1.54) is 25.7 Å². The van der Waals surface area contributed by atoms with E-state index in [9.17, 15) is 0 Å². The second-order valence-corrected chi connectivity index (χ2v) is 7.93. The quantitative estimate of drug-likeness (QED) is 0.906. The molecule has 3 atom stereocenters. The zero-order valence-corrected chi connectivity index (χ0v) is 13.6. The van der Waals surface area contributed by atoms with Gasteiger partial charge in [-0.05, 0) is 31.2 Å². The van der Waals surface area contributed by atoms with Gasteiger partial charge in [0, 0.05) is 19.3 Å². The van der Waals surface area contributed by atoms with Gasteiger partial charge in [0.15, 0.2) is 4.34 Å². The molecule has 19 heavy (non-hydrogen) atoms. The van der Waals surface area contributed by atoms with Gasteiger partial charge in [-0.2, -0.15) is 0 Å². The van der Waals surface area contributed by atoms with Crippen LogP contribution in [0.3, 0.4) is 0 Å². The fourth-order valence-electron chi connectivity index (χ4n) is 2.62. The molecule has 3 unspecified atom stereocenters. The maximum Gasteiger partial charge on any atom is 0.208 e. The molecular weight excluding hydrogens is 276 g/mol. The molecule has 2 N–H and O–H groups in total. The third kappa shape index (κ3) is 3.83. The third-order valence-corrected chi connectivity index (χ3v) is 6.54. The van der Waals surface area contributed by atoms with Crippen molar-refractivity contribution in [3.8, 4) is 0 Å². The van der Waals surface area contributed by atoms with Gasteiger partial charge < -0.3 is 10.6 Å². The van der Waals surface area contributed by atoms with E-state index in [2.05, 4.69) is 17.1 Å². The van der Waals surface area contributed by atoms with Crippen molar-refractivity contribution in [2.24, 2.45) is 17.6 Å². The lowest BCUT2D eigenvalue weighted by atomic mass is 9.80. The molecule has 6 heteroatoms. The molecule has 0 spiro atoms. The fraction of sp³-hybridized carbons (Fsp3) is 0.846. The summed E-state index contributed by atoms with van der Waals surface area (Å²) in [6.45, 7) is 3.09. The second-order valence-electron chi connectivity index (χ2n) is 5.48. The molecule has 1 aliphatic carbocycles. The minimum absolute atomic E-state index is 0.617. The summed E-state index contributed by atoms with van der Waals surface area (Å²) in [6.07, 6.45) is 5.17. The smallest absolute Gasteiger partial charge is 0.208 e. The Morgan fingerprint density at radius 2 is 2.16 bits per heavy atom. The first-order valence-electron chi connectivity index (χ1n) is 7.01. The largest absolute Gasteiger partial charge is 0.353 e. The van der Waals surface area contributed by atoms with Crippen molar-refractivity contribution in [3.05, 3.63) is 0 Å². The van der Waals surface area contributed by atoms with Crippen LogP contribution in [-0.4, -0.2) is 36.1 Å². The summed E-state index contributed by atoms with van der Waals surface area (Å²) in [6, 6.07) is 0. The predicted octanol–water partition coefficient (Wildman–Crippen LogP) is 2.85. The molecule has 2 rings (SSSR count). The van der Waals surface area contributed by atoms with Crippen LogP contribution in [0.1, 0.15) is 32.6 Å². The Balaban J connectivity index is 2.01. The summed E-state index contributed by atoms with van der Waals surface area (Å²) in [5, 5.41) is 10.1. The van der Waals surface area contributed by atoms with Crippen LogP contribution in [0.15, 0.2) is 4.34 Å². The van der Waals surface area contributed by atoms with E-state index in [4.69, 9.17) is 5.73 Å². The maximum atomic E-state index is 5.93. The summed E-state index contributed by atoms with van der Waals surface area (Å²) in [4.78, 5) is 2.01. The SMILES string of the molecule is CCC1CCC(CN)C(Sc2nnc(N(C)C)s2)C1. The highest BCUT2D eigenvalue weighted by molar-refractivity contribution is 8.01. The van der Waals surface area contributed by atoms with Crippen molar-refractivity contribution in [2.45, 2.75) is 42.2 Å². The number of hydrogen-bond donors (Lipinski definition) is 1. The normalized spacial score (nSPS) is 27.5. The molecular formula is C13H24N4S2. The van der Waals surface area contributed by atoms with Gasteiger partial charge >= 0.3 is 0 Å². The number of nitrogens with zero attached hydrogens (tertiary/aromatic N) is 3. The van der Waals surface area contributed by atoms with Crippen LogP contribution in [0.5, 0.6) is 0 Å². The summed E-state index contributed by atoms with van der Waals surface area (Å²) >= 11 is 3.57. The summed E-state index contributed by atoms with van der Waals surface area (Å²) in [7, 11) is 4.01. The van der Waals surface area contributed by atoms with Gasteiger partial charge in [0.1, 0.15) is 0 Å². The first kappa shape index (κ1) is 15.1. The Morgan fingerprint density at radius 3 is 2.74 bits per heavy atom. The van der Waals surface area contributed by atoms with E-state index in [0.29, 0.717) is 11.2 Å². The predicted molar refractivity (Wildman–Crippen MR) is 84.1 cm³/mol. The Labute approximate surface area is 124 Å². The van der Waals surface area contributed by atoms with Crippen LogP contribution < -0.4 is 10.6 Å². The Bertz CT molecular complexity index is 394. The Hall–Kier alpha value is -0.330. The van der Waals surface area contributed by atoms with Crippen LogP contribution in [0.25, 0.3) is 0 Å². The van der Waals surface area contributed by atoms with E-state index in [-0.39, 0.29) is 0 Å². The van der Waals surface area contributed by atoms with E-state index in [1.54, 1.807) is 11.3 Å². The van der Waals surface area contributed by atoms with Gasteiger partial charge in [-0.3, -0.25) is 0 Å². The highest BCUT2D eigenvalue weighted by Crippen LogP contribution is 2.41. The molecule has 0 radical (unpaired) electrons. The van der Waals surface area contributed by atoms with Crippen LogP contribution in [-0.2, 0) is 0 Å². The van der Waals surface area contributed by atoms with E-state index in [1.807, 2.05) is 30.8 Å². The van der Waals surface area contributed by atoms with Crippen molar-refractivity contribution in [2.75, 3.05) is 25.5 Å². The van der Waals surface area contributed by atoms with Crippen LogP contribution >= 0.6 is 23.1 Å². The van der Waals surface area contributed by atoms with Crippen LogP contribution in [0.2, 0.25) is 0 Å². The van der Waals surface area contributed by atoms with E-state index < -0.39 is 0 Å². The molecule has 1 fully saturated rings. The molecule has 1 saturated carbocycles. The number of rotatable bonds is 5. The highest BCUT2D eigenvalue weighted by Gasteiger charge is 2.30. The molecule has 0 amide bonds. The zero-order chi connectivity index (χ0) is 13.8. The van der Waals surface area contributed by atoms with Gasteiger partial charge in [0.25, 0.3) is 0 Å². The van der Waals surface area contributed by atoms with Crippen LogP contribution in [0.4, 0.5) is 5.13 Å². The van der Waals surface area contributed by atoms with Crippen molar-refractivity contribution in [1.82, 2.24) is 10.2 Å². The minimum Gasteiger partial charge on any atom is -0.353 e. The lowest BCUT2D eigenvalue weighted by molar-refractivity contribution is 0.283. The molecule has 1 aromatic rings. The molecule has 0 bridgehead atoms. The minimum atomic E-state index is 0.617. The highest BCUT2D eigenvalue weighted by atomic mass is 32.2. The lowest BCUT2D eigenvalue weighted by Gasteiger charge is -2.34. The molecule has 0 aromatic carbocycles. The lowest BCUT2D eigenvalue weighted by Crippen LogP contribution is -2.32. The molecule has 1 heterocycles. The second kappa shape index (κ2) is 6.90. The number of anilines is 1. The van der Waals surface area contributed by atoms with E-state index >= 15 is 0 Å². The van der Waals surface area contributed by atoms with Gasteiger partial charge in [-0.1, -0.05) is 42.9 Å². The summed E-state index contributed by atoms with van der Waals surface area (Å²) in [5.41, 5.74) is 5.93. The molecule has 1 aliphatic rings. The average Bonchev–Trinajstić information content (AvgIpc) is 2.87. The molecule has 0 saturated heterocycles. The van der Waals surface area contributed by atoms with Crippen LogP contribution in [0, 0.1) is 11.8 Å². The maximum absolute atomic E-state index is 5.93. The Kier molecular flexibility index (Phi) is 5.47. The average molecular weight is 300 g/mol. The first-order chi connectivity index (χ1) is 9.13. The van der Waals surface area contributed by atoms with Crippen molar-refractivity contribution >= 4 is 28.2 Å². The number of aromatic nitrogens is 2. The fourth-order valence-corrected chi connectivity index (χ4v) is 5.06. The molecule has 4 nitrogen and oxygen atoms in total. The van der Waals surface area contributed by atoms with Crippen molar-refractivity contribution in [3.63, 3.8) is 0 Å². The Morgan fingerprint density at radius 1 is 1.37 bits per heavy atom. The third-order valence-electron chi connectivity index (χ3n) is 3.95. The summed E-state index contributed by atoms with van der Waals surface area (Å²) < 4.78 is 1.09. The number of hydrogen-bond acceptors (Lipinski definition) is 6. The monoisotopic (exact) mass is 300 g/mol. The van der Waals surface area contributed by atoms with E-state index in [0.717, 1.165) is 21.9 Å². The van der Waals surface area contributed by atoms with Crippen molar-refractivity contribution < 1.29 is 0 Å². The van der Waals surface area contributed by atoms with Gasteiger partial charge in [-0.15, -0.1) is 10.2 Å². The molecule has 108 valence electrons. The number of nitrogens with two attached hydrogens (primary N) is 1. The zero-order valence-electron chi connectivity index (χ0n) is 12.0. The molecule has 1 aromatic heterocycles.